The lowest BCUT2D eigenvalue weighted by atomic mass is 10.4. The van der Waals surface area contributed by atoms with Crippen molar-refractivity contribution >= 4 is 27.6 Å². The molecule has 0 fully saturated rings. The van der Waals surface area contributed by atoms with Crippen LogP contribution in [-0.2, 0) is 0 Å². The van der Waals surface area contributed by atoms with Crippen LogP contribution in [0.2, 0.25) is 0 Å². The molecule has 0 spiro atoms. The smallest absolute Gasteiger partial charge is 0.194 e. The summed E-state index contributed by atoms with van der Waals surface area (Å²) < 4.78 is 2.01. The lowest BCUT2D eigenvalue weighted by molar-refractivity contribution is 1.23. The second-order valence-corrected chi connectivity index (χ2v) is 4.31. The molecule has 0 atom stereocenters. The predicted octanol–water partition coefficient (Wildman–Crippen LogP) is 2.52. The molecule has 13 heavy (non-hydrogen) atoms. The van der Waals surface area contributed by atoms with Crippen LogP contribution in [0.4, 0.5) is 0 Å². The fourth-order valence-corrected chi connectivity index (χ4v) is 2.72. The molecular weight excluding hydrogens is 202 g/mol. The molecule has 0 saturated carbocycles. The molecule has 0 aliphatic carbocycles. The van der Waals surface area contributed by atoms with Gasteiger partial charge in [-0.15, -0.1) is 11.3 Å². The van der Waals surface area contributed by atoms with Crippen LogP contribution in [0.1, 0.15) is 0 Å². The van der Waals surface area contributed by atoms with Gasteiger partial charge in [0.1, 0.15) is 0 Å². The molecule has 3 rings (SSSR count). The van der Waals surface area contributed by atoms with E-state index in [1.807, 2.05) is 21.5 Å². The number of aromatic nitrogens is 3. The minimum absolute atomic E-state index is 1.02. The number of nitrogens with zero attached hydrogens (tertiary/aromatic N) is 3. The van der Waals surface area contributed by atoms with Crippen molar-refractivity contribution < 1.29 is 0 Å². The van der Waals surface area contributed by atoms with E-state index in [-0.39, 0.29) is 0 Å². The third-order valence-corrected chi connectivity index (χ3v) is 3.40. The molecule has 0 N–H and O–H groups in total. The van der Waals surface area contributed by atoms with Crippen molar-refractivity contribution in [3.05, 3.63) is 29.5 Å². The van der Waals surface area contributed by atoms with E-state index in [2.05, 4.69) is 16.2 Å². The van der Waals surface area contributed by atoms with Gasteiger partial charge in [0.2, 0.25) is 0 Å². The standard InChI is InChI=1S/C8H5N3S2/c1-2-11-3-7(13-8(11)9-1)6-4-12-5-10-6/h1-5H. The van der Waals surface area contributed by atoms with Crippen LogP contribution in [-0.4, -0.2) is 14.4 Å². The molecule has 0 amide bonds. The Morgan fingerprint density at radius 2 is 2.31 bits per heavy atom. The van der Waals surface area contributed by atoms with Crippen molar-refractivity contribution in [2.45, 2.75) is 0 Å². The Bertz CT molecular complexity index is 492. The summed E-state index contributed by atoms with van der Waals surface area (Å²) in [5.41, 5.74) is 2.89. The number of imidazole rings is 1. The fraction of sp³-hybridized carbons (Fsp3) is 0. The highest BCUT2D eigenvalue weighted by molar-refractivity contribution is 7.20. The lowest BCUT2D eigenvalue weighted by Crippen LogP contribution is -1.71. The van der Waals surface area contributed by atoms with Crippen molar-refractivity contribution in [1.82, 2.24) is 14.4 Å². The largest absolute Gasteiger partial charge is 0.297 e. The third-order valence-electron chi connectivity index (χ3n) is 1.78. The molecule has 3 aromatic heterocycles. The number of hydrogen-bond donors (Lipinski definition) is 0. The summed E-state index contributed by atoms with van der Waals surface area (Å²) in [5, 5.41) is 2.05. The number of hydrogen-bond acceptors (Lipinski definition) is 4. The molecule has 0 aliphatic heterocycles. The monoisotopic (exact) mass is 207 g/mol. The van der Waals surface area contributed by atoms with Gasteiger partial charge in [-0.2, -0.15) is 0 Å². The molecular formula is C8H5N3S2. The molecule has 0 unspecified atom stereocenters. The van der Waals surface area contributed by atoms with Gasteiger partial charge in [-0.25, -0.2) is 9.97 Å². The summed E-state index contributed by atoms with van der Waals surface area (Å²) in [6, 6.07) is 0. The molecule has 3 aromatic rings. The third kappa shape index (κ3) is 1.08. The van der Waals surface area contributed by atoms with Crippen LogP contribution >= 0.6 is 22.7 Å². The first-order valence-electron chi connectivity index (χ1n) is 3.74. The van der Waals surface area contributed by atoms with Crippen molar-refractivity contribution in [1.29, 1.82) is 0 Å². The quantitative estimate of drug-likeness (QED) is 0.613. The molecule has 0 saturated heterocycles. The Morgan fingerprint density at radius 1 is 1.31 bits per heavy atom. The zero-order valence-corrected chi connectivity index (χ0v) is 8.18. The Balaban J connectivity index is 2.23. The van der Waals surface area contributed by atoms with E-state index < -0.39 is 0 Å². The van der Waals surface area contributed by atoms with Crippen LogP contribution in [0.5, 0.6) is 0 Å². The highest BCUT2D eigenvalue weighted by atomic mass is 32.1. The minimum Gasteiger partial charge on any atom is -0.297 e. The van der Waals surface area contributed by atoms with Crippen molar-refractivity contribution in [3.63, 3.8) is 0 Å². The molecule has 5 heteroatoms. The molecule has 0 bridgehead atoms. The second-order valence-electron chi connectivity index (χ2n) is 2.59. The maximum Gasteiger partial charge on any atom is 0.194 e. The summed E-state index contributed by atoms with van der Waals surface area (Å²) in [4.78, 5) is 10.6. The maximum absolute atomic E-state index is 4.25. The Hall–Kier alpha value is -1.20. The van der Waals surface area contributed by atoms with Crippen LogP contribution in [0, 0.1) is 0 Å². The van der Waals surface area contributed by atoms with Crippen LogP contribution in [0.25, 0.3) is 15.5 Å². The van der Waals surface area contributed by atoms with Crippen molar-refractivity contribution in [2.75, 3.05) is 0 Å². The highest BCUT2D eigenvalue weighted by Gasteiger charge is 2.05. The van der Waals surface area contributed by atoms with Crippen molar-refractivity contribution in [2.24, 2.45) is 0 Å². The van der Waals surface area contributed by atoms with E-state index in [1.54, 1.807) is 28.9 Å². The Morgan fingerprint density at radius 3 is 3.08 bits per heavy atom. The van der Waals surface area contributed by atoms with Crippen LogP contribution in [0.15, 0.2) is 29.5 Å². The average Bonchev–Trinajstić information content (AvgIpc) is 2.78. The predicted molar refractivity (Wildman–Crippen MR) is 54.2 cm³/mol. The number of thiazole rings is 2. The van der Waals surface area contributed by atoms with Gasteiger partial charge >= 0.3 is 0 Å². The molecule has 3 heterocycles. The lowest BCUT2D eigenvalue weighted by Gasteiger charge is -1.83. The van der Waals surface area contributed by atoms with Crippen molar-refractivity contribution in [3.8, 4) is 10.6 Å². The molecule has 64 valence electrons. The SMILES string of the molecule is c1cn2cc(-c3cscn3)sc2n1. The van der Waals surface area contributed by atoms with Gasteiger partial charge in [-0.05, 0) is 0 Å². The number of fused-ring (bicyclic) bond motifs is 1. The normalized spacial score (nSPS) is 11.1. The van der Waals surface area contributed by atoms with Gasteiger partial charge in [-0.3, -0.25) is 4.40 Å². The number of rotatable bonds is 1. The van der Waals surface area contributed by atoms with E-state index in [4.69, 9.17) is 0 Å². The van der Waals surface area contributed by atoms with E-state index in [0.717, 1.165) is 10.7 Å². The van der Waals surface area contributed by atoms with Gasteiger partial charge in [0.05, 0.1) is 16.1 Å². The zero-order chi connectivity index (χ0) is 8.67. The van der Waals surface area contributed by atoms with E-state index in [1.165, 1.54) is 4.88 Å². The first kappa shape index (κ1) is 7.23. The zero-order valence-electron chi connectivity index (χ0n) is 6.54. The Kier molecular flexibility index (Phi) is 1.47. The summed E-state index contributed by atoms with van der Waals surface area (Å²) >= 11 is 3.27. The Labute approximate surface area is 82.3 Å². The summed E-state index contributed by atoms with van der Waals surface area (Å²) in [5.74, 6) is 0. The van der Waals surface area contributed by atoms with Crippen LogP contribution in [0.3, 0.4) is 0 Å². The summed E-state index contributed by atoms with van der Waals surface area (Å²) in [6.07, 6.45) is 5.81. The van der Waals surface area contributed by atoms with Gasteiger partial charge in [0.25, 0.3) is 0 Å². The molecule has 0 aromatic carbocycles. The fourth-order valence-electron chi connectivity index (χ4n) is 1.18. The minimum atomic E-state index is 1.02. The topological polar surface area (TPSA) is 30.2 Å². The highest BCUT2D eigenvalue weighted by Crippen LogP contribution is 2.27. The van der Waals surface area contributed by atoms with Gasteiger partial charge in [-0.1, -0.05) is 11.3 Å². The van der Waals surface area contributed by atoms with Crippen LogP contribution < -0.4 is 0 Å². The van der Waals surface area contributed by atoms with Gasteiger partial charge < -0.3 is 0 Å². The molecule has 0 aliphatic rings. The first-order chi connectivity index (χ1) is 6.43. The van der Waals surface area contributed by atoms with Gasteiger partial charge in [0.15, 0.2) is 4.96 Å². The molecule has 0 radical (unpaired) electrons. The summed E-state index contributed by atoms with van der Waals surface area (Å²) in [7, 11) is 0. The average molecular weight is 207 g/mol. The van der Waals surface area contributed by atoms with E-state index in [0.29, 0.717) is 0 Å². The molecule has 3 nitrogen and oxygen atoms in total. The summed E-state index contributed by atoms with van der Waals surface area (Å²) in [6.45, 7) is 0. The maximum atomic E-state index is 4.25. The van der Waals surface area contributed by atoms with E-state index in [9.17, 15) is 0 Å². The van der Waals surface area contributed by atoms with Gasteiger partial charge in [0, 0.05) is 24.0 Å². The second kappa shape index (κ2) is 2.65. The first-order valence-corrected chi connectivity index (χ1v) is 5.50. The van der Waals surface area contributed by atoms with E-state index >= 15 is 0 Å².